The zero-order valence-corrected chi connectivity index (χ0v) is 13.9. The van der Waals surface area contributed by atoms with E-state index in [4.69, 9.17) is 0 Å². The first-order chi connectivity index (χ1) is 12.0. The molecule has 2 atom stereocenters. The maximum absolute atomic E-state index is 12.5. The number of hydrogen-bond acceptors (Lipinski definition) is 4. The van der Waals surface area contributed by atoms with Gasteiger partial charge in [-0.25, -0.2) is 0 Å². The third kappa shape index (κ3) is 3.01. The van der Waals surface area contributed by atoms with Gasteiger partial charge in [0, 0.05) is 44.5 Å². The molecular formula is C18H21N3O4. The third-order valence-electron chi connectivity index (χ3n) is 5.08. The topological polar surface area (TPSA) is 90.8 Å². The molecule has 0 unspecified atom stereocenters. The molecule has 0 radical (unpaired) electrons. The van der Waals surface area contributed by atoms with Crippen LogP contribution >= 0.6 is 0 Å². The second kappa shape index (κ2) is 6.66. The summed E-state index contributed by atoms with van der Waals surface area (Å²) in [6.45, 7) is 4.31. The number of rotatable bonds is 6. The lowest BCUT2D eigenvalue weighted by Gasteiger charge is -2.24. The van der Waals surface area contributed by atoms with Crippen LogP contribution in [0.25, 0.3) is 0 Å². The van der Waals surface area contributed by atoms with Crippen LogP contribution in [-0.4, -0.2) is 63.9 Å². The minimum absolute atomic E-state index is 0.0768. The van der Waals surface area contributed by atoms with Crippen molar-refractivity contribution in [1.29, 1.82) is 0 Å². The van der Waals surface area contributed by atoms with Gasteiger partial charge in [-0.2, -0.15) is 0 Å². The van der Waals surface area contributed by atoms with E-state index in [1.54, 1.807) is 12.3 Å². The lowest BCUT2D eigenvalue weighted by molar-refractivity contribution is -0.150. The van der Waals surface area contributed by atoms with Crippen molar-refractivity contribution in [2.75, 3.05) is 26.2 Å². The van der Waals surface area contributed by atoms with E-state index in [1.165, 1.54) is 9.80 Å². The molecule has 0 spiro atoms. The molecule has 0 bridgehead atoms. The Bertz CT molecular complexity index is 706. The molecule has 0 saturated carbocycles. The van der Waals surface area contributed by atoms with E-state index in [-0.39, 0.29) is 37.9 Å². The Hall–Kier alpha value is -2.70. The number of carboxylic acids is 1. The predicted octanol–water partition coefficient (Wildman–Crippen LogP) is 0.572. The van der Waals surface area contributed by atoms with Crippen LogP contribution in [0, 0.1) is 11.3 Å². The highest BCUT2D eigenvalue weighted by Crippen LogP contribution is 2.43. The standard InChI is InChI=1S/C18H21N3O4/c1-2-9-20-11-18(17(24)25)12-21(10-14(18)16(20)23)15(22)7-6-13-5-3-4-8-19-13/h2-5,8,14H,1,6-7,9-12H2,(H,24,25)/t14-,18+/m0/s1. The van der Waals surface area contributed by atoms with E-state index in [2.05, 4.69) is 11.6 Å². The lowest BCUT2D eigenvalue weighted by atomic mass is 9.81. The number of pyridine rings is 1. The Morgan fingerprint density at radius 3 is 2.80 bits per heavy atom. The first kappa shape index (κ1) is 17.1. The van der Waals surface area contributed by atoms with Crippen LogP contribution in [0.1, 0.15) is 12.1 Å². The molecular weight excluding hydrogens is 322 g/mol. The van der Waals surface area contributed by atoms with E-state index in [9.17, 15) is 19.5 Å². The maximum Gasteiger partial charge on any atom is 0.314 e. The van der Waals surface area contributed by atoms with Crippen molar-refractivity contribution in [3.8, 4) is 0 Å². The molecule has 25 heavy (non-hydrogen) atoms. The highest BCUT2D eigenvalue weighted by molar-refractivity contribution is 5.94. The summed E-state index contributed by atoms with van der Waals surface area (Å²) in [6.07, 6.45) is 4.01. The van der Waals surface area contributed by atoms with Gasteiger partial charge in [-0.3, -0.25) is 19.4 Å². The highest BCUT2D eigenvalue weighted by atomic mass is 16.4. The minimum atomic E-state index is -1.21. The molecule has 2 amide bonds. The van der Waals surface area contributed by atoms with Crippen LogP contribution in [0.5, 0.6) is 0 Å². The normalized spacial score (nSPS) is 25.1. The molecule has 132 valence electrons. The number of aliphatic carboxylic acids is 1. The molecule has 7 nitrogen and oxygen atoms in total. The Labute approximate surface area is 145 Å². The molecule has 0 aliphatic carbocycles. The van der Waals surface area contributed by atoms with Crippen LogP contribution in [0.15, 0.2) is 37.1 Å². The summed E-state index contributed by atoms with van der Waals surface area (Å²) < 4.78 is 0. The summed E-state index contributed by atoms with van der Waals surface area (Å²) in [7, 11) is 0. The molecule has 2 aliphatic rings. The van der Waals surface area contributed by atoms with Crippen molar-refractivity contribution in [2.24, 2.45) is 11.3 Å². The summed E-state index contributed by atoms with van der Waals surface area (Å²) in [6, 6.07) is 5.52. The second-order valence-electron chi connectivity index (χ2n) is 6.62. The number of nitrogens with zero attached hydrogens (tertiary/aromatic N) is 3. The van der Waals surface area contributed by atoms with Crippen LogP contribution in [0.4, 0.5) is 0 Å². The molecule has 3 rings (SSSR count). The van der Waals surface area contributed by atoms with Gasteiger partial charge in [0.2, 0.25) is 11.8 Å². The number of carbonyl (C=O) groups excluding carboxylic acids is 2. The summed E-state index contributed by atoms with van der Waals surface area (Å²) in [5, 5.41) is 9.73. The predicted molar refractivity (Wildman–Crippen MR) is 89.5 cm³/mol. The molecule has 3 heterocycles. The van der Waals surface area contributed by atoms with Gasteiger partial charge in [-0.05, 0) is 18.6 Å². The Morgan fingerprint density at radius 1 is 1.40 bits per heavy atom. The number of carboxylic acid groups (broad SMARTS) is 1. The highest BCUT2D eigenvalue weighted by Gasteiger charge is 2.62. The van der Waals surface area contributed by atoms with Gasteiger partial charge in [-0.15, -0.1) is 6.58 Å². The van der Waals surface area contributed by atoms with Crippen molar-refractivity contribution in [3.05, 3.63) is 42.7 Å². The molecule has 0 aromatic carbocycles. The Morgan fingerprint density at radius 2 is 2.20 bits per heavy atom. The average molecular weight is 343 g/mol. The first-order valence-electron chi connectivity index (χ1n) is 8.28. The molecule has 2 saturated heterocycles. The van der Waals surface area contributed by atoms with Gasteiger partial charge in [-0.1, -0.05) is 12.1 Å². The molecule has 1 N–H and O–H groups in total. The zero-order chi connectivity index (χ0) is 18.0. The lowest BCUT2D eigenvalue weighted by Crippen LogP contribution is -2.42. The van der Waals surface area contributed by atoms with E-state index in [0.717, 1.165) is 5.69 Å². The number of amides is 2. The largest absolute Gasteiger partial charge is 0.481 e. The number of aryl methyl sites for hydroxylation is 1. The SMILES string of the molecule is C=CCN1C[C@@]2(C(=O)O)CN(C(=O)CCc3ccccn3)C[C@H]2C1=O. The Kier molecular flexibility index (Phi) is 4.57. The summed E-state index contributed by atoms with van der Waals surface area (Å²) in [5.74, 6) is -2.03. The zero-order valence-electron chi connectivity index (χ0n) is 13.9. The molecule has 2 aliphatic heterocycles. The smallest absolute Gasteiger partial charge is 0.314 e. The van der Waals surface area contributed by atoms with Crippen molar-refractivity contribution >= 4 is 17.8 Å². The number of carbonyl (C=O) groups is 3. The van der Waals surface area contributed by atoms with Crippen molar-refractivity contribution in [2.45, 2.75) is 12.8 Å². The van der Waals surface area contributed by atoms with Gasteiger partial charge in [0.05, 0.1) is 5.92 Å². The average Bonchev–Trinajstić information content (AvgIpc) is 3.11. The van der Waals surface area contributed by atoms with Gasteiger partial charge in [0.15, 0.2) is 0 Å². The fourth-order valence-electron chi connectivity index (χ4n) is 3.75. The Balaban J connectivity index is 1.69. The van der Waals surface area contributed by atoms with E-state index < -0.39 is 17.3 Å². The summed E-state index contributed by atoms with van der Waals surface area (Å²) in [4.78, 5) is 44.1. The van der Waals surface area contributed by atoms with Crippen LogP contribution in [0.3, 0.4) is 0 Å². The van der Waals surface area contributed by atoms with Crippen LogP contribution in [0.2, 0.25) is 0 Å². The van der Waals surface area contributed by atoms with Crippen molar-refractivity contribution in [1.82, 2.24) is 14.8 Å². The van der Waals surface area contributed by atoms with Gasteiger partial charge in [0.25, 0.3) is 0 Å². The molecule has 2 fully saturated rings. The summed E-state index contributed by atoms with van der Waals surface area (Å²) >= 11 is 0. The van der Waals surface area contributed by atoms with E-state index in [0.29, 0.717) is 13.0 Å². The number of likely N-dealkylation sites (tertiary alicyclic amines) is 2. The second-order valence-corrected chi connectivity index (χ2v) is 6.62. The fourth-order valence-corrected chi connectivity index (χ4v) is 3.75. The first-order valence-corrected chi connectivity index (χ1v) is 8.28. The molecule has 1 aromatic rings. The van der Waals surface area contributed by atoms with Crippen molar-refractivity contribution < 1.29 is 19.5 Å². The fraction of sp³-hybridized carbons (Fsp3) is 0.444. The van der Waals surface area contributed by atoms with Crippen LogP contribution < -0.4 is 0 Å². The van der Waals surface area contributed by atoms with Gasteiger partial charge in [0.1, 0.15) is 5.41 Å². The van der Waals surface area contributed by atoms with E-state index >= 15 is 0 Å². The monoisotopic (exact) mass is 343 g/mol. The van der Waals surface area contributed by atoms with Crippen molar-refractivity contribution in [3.63, 3.8) is 0 Å². The van der Waals surface area contributed by atoms with Gasteiger partial charge < -0.3 is 14.9 Å². The number of hydrogen-bond donors (Lipinski definition) is 1. The van der Waals surface area contributed by atoms with E-state index in [1.807, 2.05) is 18.2 Å². The molecule has 1 aromatic heterocycles. The van der Waals surface area contributed by atoms with Gasteiger partial charge >= 0.3 is 5.97 Å². The summed E-state index contributed by atoms with van der Waals surface area (Å²) in [5.41, 5.74) is -0.391. The number of fused-ring (bicyclic) bond motifs is 1. The maximum atomic E-state index is 12.5. The number of aromatic nitrogens is 1. The third-order valence-corrected chi connectivity index (χ3v) is 5.08. The quantitative estimate of drug-likeness (QED) is 0.763. The molecule has 7 heteroatoms. The van der Waals surface area contributed by atoms with Crippen LogP contribution in [-0.2, 0) is 20.8 Å². The minimum Gasteiger partial charge on any atom is -0.481 e.